The fraction of sp³-hybridized carbons (Fsp3) is 0.467. The van der Waals surface area contributed by atoms with Crippen LogP contribution in [-0.2, 0) is 13.6 Å². The summed E-state index contributed by atoms with van der Waals surface area (Å²) in [5.41, 5.74) is 1.03. The quantitative estimate of drug-likeness (QED) is 0.701. The fourth-order valence-electron chi connectivity index (χ4n) is 1.71. The largest absolute Gasteiger partial charge is 0.497 e. The average molecular weight is 313 g/mol. The van der Waals surface area contributed by atoms with Crippen LogP contribution >= 0.6 is 7.75 Å². The summed E-state index contributed by atoms with van der Waals surface area (Å²) in [4.78, 5) is 0. The second kappa shape index (κ2) is 9.00. The molecule has 0 aromatic heterocycles. The molecule has 1 aromatic carbocycles. The van der Waals surface area contributed by atoms with Gasteiger partial charge in [0.15, 0.2) is 0 Å². The second-order valence-electron chi connectivity index (χ2n) is 4.38. The van der Waals surface area contributed by atoms with Gasteiger partial charge in [-0.1, -0.05) is 24.3 Å². The zero-order valence-corrected chi connectivity index (χ0v) is 13.9. The monoisotopic (exact) mass is 313 g/mol. The van der Waals surface area contributed by atoms with Gasteiger partial charge in [-0.3, -0.25) is 9.05 Å². The van der Waals surface area contributed by atoms with Crippen LogP contribution in [0.2, 0.25) is 0 Å². The molecule has 1 atom stereocenters. The molecule has 1 rings (SSSR count). The smallest absolute Gasteiger partial charge is 0.405 e. The maximum Gasteiger partial charge on any atom is 0.405 e. The van der Waals surface area contributed by atoms with E-state index in [0.29, 0.717) is 13.2 Å². The van der Waals surface area contributed by atoms with Crippen LogP contribution in [0.15, 0.2) is 30.3 Å². The van der Waals surface area contributed by atoms with E-state index in [9.17, 15) is 4.57 Å². The molecule has 21 heavy (non-hydrogen) atoms. The number of hydrogen-bond donors (Lipinski definition) is 1. The summed E-state index contributed by atoms with van der Waals surface area (Å²) in [6.45, 7) is 6.12. The van der Waals surface area contributed by atoms with Crippen molar-refractivity contribution < 1.29 is 18.3 Å². The Labute approximate surface area is 126 Å². The lowest BCUT2D eigenvalue weighted by molar-refractivity contribution is 0.209. The van der Waals surface area contributed by atoms with Crippen molar-refractivity contribution in [2.45, 2.75) is 26.8 Å². The highest BCUT2D eigenvalue weighted by atomic mass is 31.2. The van der Waals surface area contributed by atoms with Crippen LogP contribution in [0.4, 0.5) is 0 Å². The van der Waals surface area contributed by atoms with Crippen molar-refractivity contribution in [1.29, 1.82) is 0 Å². The van der Waals surface area contributed by atoms with Gasteiger partial charge in [-0.25, -0.2) is 9.65 Å². The second-order valence-corrected chi connectivity index (χ2v) is 6.15. The van der Waals surface area contributed by atoms with Crippen LogP contribution in [0.25, 0.3) is 6.08 Å². The minimum absolute atomic E-state index is 0.143. The summed E-state index contributed by atoms with van der Waals surface area (Å²) < 4.78 is 27.8. The first-order valence-corrected chi connectivity index (χ1v) is 8.56. The average Bonchev–Trinajstić information content (AvgIpc) is 2.46. The van der Waals surface area contributed by atoms with Gasteiger partial charge in [0, 0.05) is 6.04 Å². The van der Waals surface area contributed by atoms with Gasteiger partial charge in [-0.15, -0.1) is 0 Å². The van der Waals surface area contributed by atoms with E-state index in [1.165, 1.54) is 0 Å². The Morgan fingerprint density at radius 3 is 2.24 bits per heavy atom. The lowest BCUT2D eigenvalue weighted by atomic mass is 10.2. The van der Waals surface area contributed by atoms with Crippen LogP contribution in [0, 0.1) is 0 Å². The molecule has 1 aromatic rings. The van der Waals surface area contributed by atoms with Crippen molar-refractivity contribution in [2.75, 3.05) is 20.3 Å². The van der Waals surface area contributed by atoms with Crippen LogP contribution in [-0.4, -0.2) is 26.4 Å². The van der Waals surface area contributed by atoms with E-state index in [-0.39, 0.29) is 6.04 Å². The van der Waals surface area contributed by atoms with Gasteiger partial charge < -0.3 is 4.74 Å². The van der Waals surface area contributed by atoms with E-state index in [0.717, 1.165) is 11.3 Å². The zero-order valence-electron chi connectivity index (χ0n) is 13.0. The molecule has 0 amide bonds. The molecule has 0 aliphatic heterocycles. The molecule has 0 saturated heterocycles. The molecule has 0 fully saturated rings. The van der Waals surface area contributed by atoms with Crippen molar-refractivity contribution in [1.82, 2.24) is 5.09 Å². The Balaban J connectivity index is 2.63. The third-order valence-electron chi connectivity index (χ3n) is 2.65. The highest BCUT2D eigenvalue weighted by molar-refractivity contribution is 7.51. The minimum Gasteiger partial charge on any atom is -0.497 e. The lowest BCUT2D eigenvalue weighted by Crippen LogP contribution is -2.23. The van der Waals surface area contributed by atoms with Gasteiger partial charge in [-0.05, 0) is 38.5 Å². The molecule has 0 spiro atoms. The SMILES string of the molecule is CCOP(=O)(NC(C)/C=C/c1ccc(OC)cc1)OCC. The molecular weight excluding hydrogens is 289 g/mol. The van der Waals surface area contributed by atoms with E-state index in [1.807, 2.05) is 43.3 Å². The highest BCUT2D eigenvalue weighted by Crippen LogP contribution is 2.43. The Morgan fingerprint density at radius 1 is 1.19 bits per heavy atom. The Morgan fingerprint density at radius 2 is 1.76 bits per heavy atom. The molecule has 1 unspecified atom stereocenters. The Kier molecular flexibility index (Phi) is 7.68. The third kappa shape index (κ3) is 6.44. The summed E-state index contributed by atoms with van der Waals surface area (Å²) in [6, 6.07) is 7.54. The van der Waals surface area contributed by atoms with Crippen molar-refractivity contribution >= 4 is 13.8 Å². The van der Waals surface area contributed by atoms with Gasteiger partial charge in [0.1, 0.15) is 5.75 Å². The maximum atomic E-state index is 12.3. The molecule has 1 N–H and O–H groups in total. The molecule has 0 bridgehead atoms. The van der Waals surface area contributed by atoms with E-state index < -0.39 is 7.75 Å². The van der Waals surface area contributed by atoms with Crippen molar-refractivity contribution in [3.05, 3.63) is 35.9 Å². The van der Waals surface area contributed by atoms with Crippen molar-refractivity contribution in [2.24, 2.45) is 0 Å². The van der Waals surface area contributed by atoms with Crippen molar-refractivity contribution in [3.63, 3.8) is 0 Å². The van der Waals surface area contributed by atoms with E-state index in [1.54, 1.807) is 21.0 Å². The number of nitrogens with one attached hydrogen (secondary N) is 1. The topological polar surface area (TPSA) is 56.8 Å². The lowest BCUT2D eigenvalue weighted by Gasteiger charge is -2.20. The molecule has 0 saturated carbocycles. The molecular formula is C15H24NO4P. The first kappa shape index (κ1) is 17.9. The molecule has 118 valence electrons. The first-order chi connectivity index (χ1) is 10.0. The predicted octanol–water partition coefficient (Wildman–Crippen LogP) is 3.87. The summed E-state index contributed by atoms with van der Waals surface area (Å²) in [7, 11) is -1.60. The molecule has 0 aliphatic rings. The van der Waals surface area contributed by atoms with E-state index in [4.69, 9.17) is 13.8 Å². The number of ether oxygens (including phenoxy) is 1. The molecule has 0 aliphatic carbocycles. The fourth-order valence-corrected chi connectivity index (χ4v) is 3.20. The predicted molar refractivity (Wildman–Crippen MR) is 85.5 cm³/mol. The van der Waals surface area contributed by atoms with Gasteiger partial charge in [-0.2, -0.15) is 0 Å². The van der Waals surface area contributed by atoms with Gasteiger partial charge >= 0.3 is 7.75 Å². The normalized spacial score (nSPS) is 13.5. The molecule has 0 heterocycles. The number of rotatable bonds is 9. The Bertz CT molecular complexity index is 477. The van der Waals surface area contributed by atoms with Crippen LogP contribution in [0.3, 0.4) is 0 Å². The third-order valence-corrected chi connectivity index (χ3v) is 4.57. The van der Waals surface area contributed by atoms with E-state index >= 15 is 0 Å². The maximum absolute atomic E-state index is 12.3. The first-order valence-electron chi connectivity index (χ1n) is 7.02. The van der Waals surface area contributed by atoms with Crippen LogP contribution in [0.5, 0.6) is 5.75 Å². The number of methoxy groups -OCH3 is 1. The minimum atomic E-state index is -3.23. The number of benzene rings is 1. The molecule has 5 nitrogen and oxygen atoms in total. The van der Waals surface area contributed by atoms with Crippen LogP contribution in [0.1, 0.15) is 26.3 Å². The molecule has 0 radical (unpaired) electrons. The van der Waals surface area contributed by atoms with Gasteiger partial charge in [0.2, 0.25) is 0 Å². The summed E-state index contributed by atoms with van der Waals surface area (Å²) in [6.07, 6.45) is 3.85. The summed E-state index contributed by atoms with van der Waals surface area (Å²) in [5.74, 6) is 0.815. The summed E-state index contributed by atoms with van der Waals surface area (Å²) >= 11 is 0. The molecule has 6 heteroatoms. The number of hydrogen-bond acceptors (Lipinski definition) is 4. The summed E-state index contributed by atoms with van der Waals surface area (Å²) in [5, 5.41) is 2.89. The van der Waals surface area contributed by atoms with Crippen molar-refractivity contribution in [3.8, 4) is 5.75 Å². The highest BCUT2D eigenvalue weighted by Gasteiger charge is 2.24. The van der Waals surface area contributed by atoms with Gasteiger partial charge in [0.05, 0.1) is 20.3 Å². The Hall–Kier alpha value is -1.13. The van der Waals surface area contributed by atoms with Crippen LogP contribution < -0.4 is 9.82 Å². The zero-order chi connectivity index (χ0) is 15.7. The van der Waals surface area contributed by atoms with Gasteiger partial charge in [0.25, 0.3) is 0 Å². The van der Waals surface area contributed by atoms with E-state index in [2.05, 4.69) is 5.09 Å². The standard InChI is InChI=1S/C15H24NO4P/c1-5-19-21(17,20-6-2)16-13(3)7-8-14-9-11-15(18-4)12-10-14/h7-13H,5-6H2,1-4H3,(H,16,17)/b8-7+.